The fourth-order valence-corrected chi connectivity index (χ4v) is 3.73. The minimum Gasteiger partial charge on any atom is -0.369 e. The van der Waals surface area contributed by atoms with Gasteiger partial charge in [0, 0.05) is 12.0 Å². The van der Waals surface area contributed by atoms with Crippen molar-refractivity contribution in [3.63, 3.8) is 0 Å². The van der Waals surface area contributed by atoms with Gasteiger partial charge in [-0.25, -0.2) is 0 Å². The van der Waals surface area contributed by atoms with Crippen LogP contribution in [0, 0.1) is 22.7 Å². The Hall–Kier alpha value is -1.42. The lowest BCUT2D eigenvalue weighted by molar-refractivity contribution is -0.140. The number of allylic oxidation sites excluding steroid dienone is 2. The van der Waals surface area contributed by atoms with E-state index in [1.165, 1.54) is 0 Å². The maximum absolute atomic E-state index is 13.1. The molecular weight excluding hydrogens is 264 g/mol. The summed E-state index contributed by atoms with van der Waals surface area (Å²) >= 11 is 0. The second-order valence-corrected chi connectivity index (χ2v) is 7.36. The third-order valence-electron chi connectivity index (χ3n) is 4.76. The normalized spacial score (nSPS) is 32.9. The summed E-state index contributed by atoms with van der Waals surface area (Å²) in [5.41, 5.74) is 5.30. The number of nitrogens with one attached hydrogen (secondary N) is 1. The molecule has 0 aromatic rings. The lowest BCUT2D eigenvalue weighted by atomic mass is 9.58. The fraction of sp³-hybridized carbons (Fsp3) is 0.647. The van der Waals surface area contributed by atoms with Crippen molar-refractivity contribution in [2.45, 2.75) is 34.1 Å². The summed E-state index contributed by atoms with van der Waals surface area (Å²) in [6, 6.07) is 0. The van der Waals surface area contributed by atoms with Gasteiger partial charge in [-0.2, -0.15) is 0 Å². The van der Waals surface area contributed by atoms with Gasteiger partial charge in [-0.05, 0) is 25.8 Å². The molecule has 1 aliphatic carbocycles. The highest BCUT2D eigenvalue weighted by Gasteiger charge is 2.51. The predicted octanol–water partition coefficient (Wildman–Crippen LogP) is 1.82. The number of carbonyl (C=O) groups excluding carboxylic acids is 2. The largest absolute Gasteiger partial charge is 0.369 e. The molecule has 2 aliphatic rings. The lowest BCUT2D eigenvalue weighted by Gasteiger charge is -2.43. The van der Waals surface area contributed by atoms with Gasteiger partial charge in [0.2, 0.25) is 5.91 Å². The van der Waals surface area contributed by atoms with Crippen LogP contribution >= 0.6 is 0 Å². The van der Waals surface area contributed by atoms with E-state index < -0.39 is 22.7 Å². The van der Waals surface area contributed by atoms with Crippen LogP contribution in [-0.4, -0.2) is 24.8 Å². The molecule has 1 fully saturated rings. The van der Waals surface area contributed by atoms with Gasteiger partial charge in [-0.1, -0.05) is 44.6 Å². The molecule has 0 radical (unpaired) electrons. The molecule has 0 spiro atoms. The first-order valence-electron chi connectivity index (χ1n) is 7.63. The summed E-state index contributed by atoms with van der Waals surface area (Å²) in [6.45, 7) is 9.42. The molecule has 1 heterocycles. The van der Waals surface area contributed by atoms with Gasteiger partial charge in [0.1, 0.15) is 5.78 Å². The molecule has 4 heteroatoms. The molecule has 1 saturated heterocycles. The third-order valence-corrected chi connectivity index (χ3v) is 4.76. The van der Waals surface area contributed by atoms with Crippen LogP contribution in [0.2, 0.25) is 0 Å². The molecule has 21 heavy (non-hydrogen) atoms. The second-order valence-electron chi connectivity index (χ2n) is 7.36. The Morgan fingerprint density at radius 3 is 2.52 bits per heavy atom. The van der Waals surface area contributed by atoms with Gasteiger partial charge < -0.3 is 11.1 Å². The minimum absolute atomic E-state index is 0.0845. The Balaban J connectivity index is 2.51. The highest BCUT2D eigenvalue weighted by molar-refractivity contribution is 5.98. The first kappa shape index (κ1) is 16.0. The Morgan fingerprint density at radius 1 is 1.38 bits per heavy atom. The number of Topliss-reactive ketones (excluding diaryl/α,β-unsaturated/α-hetero) is 1. The molecular formula is C17H26N2O2. The van der Waals surface area contributed by atoms with Crippen LogP contribution in [0.3, 0.4) is 0 Å². The molecule has 3 unspecified atom stereocenters. The first-order chi connectivity index (χ1) is 9.69. The number of nitrogens with two attached hydrogens (primary N) is 1. The Labute approximate surface area is 126 Å². The topological polar surface area (TPSA) is 72.2 Å². The quantitative estimate of drug-likeness (QED) is 0.832. The molecule has 0 aromatic heterocycles. The van der Waals surface area contributed by atoms with E-state index in [-0.39, 0.29) is 5.78 Å². The van der Waals surface area contributed by atoms with Gasteiger partial charge in [0.05, 0.1) is 11.3 Å². The van der Waals surface area contributed by atoms with Gasteiger partial charge in [0.25, 0.3) is 0 Å². The third kappa shape index (κ3) is 2.69. The van der Waals surface area contributed by atoms with Gasteiger partial charge >= 0.3 is 0 Å². The summed E-state index contributed by atoms with van der Waals surface area (Å²) in [6.07, 6.45) is 6.66. The summed E-state index contributed by atoms with van der Waals surface area (Å²) in [5, 5.41) is 3.34. The molecule has 0 bridgehead atoms. The van der Waals surface area contributed by atoms with Crippen LogP contribution < -0.4 is 11.1 Å². The second kappa shape index (κ2) is 5.41. The molecule has 3 atom stereocenters. The predicted molar refractivity (Wildman–Crippen MR) is 83.5 cm³/mol. The number of amides is 1. The van der Waals surface area contributed by atoms with Crippen LogP contribution in [0.4, 0.5) is 0 Å². The molecule has 3 N–H and O–H groups in total. The number of carbonyl (C=O) groups is 2. The van der Waals surface area contributed by atoms with Crippen LogP contribution in [0.15, 0.2) is 23.8 Å². The van der Waals surface area contributed by atoms with E-state index in [0.29, 0.717) is 5.92 Å². The van der Waals surface area contributed by atoms with Crippen molar-refractivity contribution < 1.29 is 9.59 Å². The Kier molecular flexibility index (Phi) is 4.11. The standard InChI is InChI=1S/C17H26N2O2/c1-16(2,3)15(21)17(4)12(11-8-9-19-10-11)6-5-7-13(17)14(18)20/h5-7,11,13,19H,8-10H2,1-4H3,(H2,18,20). The summed E-state index contributed by atoms with van der Waals surface area (Å²) in [7, 11) is 0. The number of rotatable bonds is 3. The van der Waals surface area contributed by atoms with Crippen molar-refractivity contribution in [3.8, 4) is 0 Å². The fourth-order valence-electron chi connectivity index (χ4n) is 3.73. The average molecular weight is 290 g/mol. The van der Waals surface area contributed by atoms with Crippen molar-refractivity contribution in [3.05, 3.63) is 23.8 Å². The zero-order valence-corrected chi connectivity index (χ0v) is 13.4. The molecule has 0 saturated carbocycles. The van der Waals surface area contributed by atoms with E-state index in [1.54, 1.807) is 6.08 Å². The SMILES string of the molecule is CC(C)(C)C(=O)C1(C)C(C2CCNC2)=CC=CC1C(N)=O. The first-order valence-corrected chi connectivity index (χ1v) is 7.63. The average Bonchev–Trinajstić information content (AvgIpc) is 2.90. The number of ketones is 1. The van der Waals surface area contributed by atoms with E-state index in [4.69, 9.17) is 5.73 Å². The summed E-state index contributed by atoms with van der Waals surface area (Å²) in [4.78, 5) is 25.1. The lowest BCUT2D eigenvalue weighted by Crippen LogP contribution is -2.50. The minimum atomic E-state index is -0.838. The number of primary amides is 1. The van der Waals surface area contributed by atoms with E-state index in [9.17, 15) is 9.59 Å². The Bertz CT molecular complexity index is 507. The van der Waals surface area contributed by atoms with Crippen LogP contribution in [0.5, 0.6) is 0 Å². The zero-order chi connectivity index (χ0) is 15.8. The molecule has 2 rings (SSSR count). The molecule has 0 aromatic carbocycles. The Morgan fingerprint density at radius 2 is 2.05 bits per heavy atom. The molecule has 4 nitrogen and oxygen atoms in total. The van der Waals surface area contributed by atoms with Crippen molar-refractivity contribution in [2.24, 2.45) is 28.4 Å². The van der Waals surface area contributed by atoms with Crippen LogP contribution in [-0.2, 0) is 9.59 Å². The van der Waals surface area contributed by atoms with Crippen LogP contribution in [0.25, 0.3) is 0 Å². The molecule has 1 amide bonds. The summed E-state index contributed by atoms with van der Waals surface area (Å²) in [5.74, 6) is -0.609. The van der Waals surface area contributed by atoms with E-state index >= 15 is 0 Å². The number of hydrogen-bond acceptors (Lipinski definition) is 3. The van der Waals surface area contributed by atoms with Crippen LogP contribution in [0.1, 0.15) is 34.1 Å². The van der Waals surface area contributed by atoms with Gasteiger partial charge in [0.15, 0.2) is 0 Å². The molecule has 116 valence electrons. The maximum atomic E-state index is 13.1. The molecule has 1 aliphatic heterocycles. The zero-order valence-electron chi connectivity index (χ0n) is 13.4. The van der Waals surface area contributed by atoms with E-state index in [2.05, 4.69) is 5.32 Å². The van der Waals surface area contributed by atoms with Gasteiger partial charge in [-0.15, -0.1) is 0 Å². The van der Waals surface area contributed by atoms with Crippen molar-refractivity contribution in [1.29, 1.82) is 0 Å². The van der Waals surface area contributed by atoms with Crippen molar-refractivity contribution >= 4 is 11.7 Å². The highest BCUT2D eigenvalue weighted by Crippen LogP contribution is 2.48. The smallest absolute Gasteiger partial charge is 0.225 e. The highest BCUT2D eigenvalue weighted by atomic mass is 16.1. The maximum Gasteiger partial charge on any atom is 0.225 e. The monoisotopic (exact) mass is 290 g/mol. The van der Waals surface area contributed by atoms with Gasteiger partial charge in [-0.3, -0.25) is 9.59 Å². The van der Waals surface area contributed by atoms with Crippen molar-refractivity contribution in [1.82, 2.24) is 5.32 Å². The van der Waals surface area contributed by atoms with E-state index in [1.807, 2.05) is 39.8 Å². The van der Waals surface area contributed by atoms with Crippen molar-refractivity contribution in [2.75, 3.05) is 13.1 Å². The summed E-state index contributed by atoms with van der Waals surface area (Å²) < 4.78 is 0. The van der Waals surface area contributed by atoms with E-state index in [0.717, 1.165) is 25.1 Å². The number of hydrogen-bond donors (Lipinski definition) is 2.